The van der Waals surface area contributed by atoms with Gasteiger partial charge < -0.3 is 10.6 Å². The van der Waals surface area contributed by atoms with E-state index < -0.39 is 0 Å². The van der Waals surface area contributed by atoms with Crippen molar-refractivity contribution in [2.24, 2.45) is 0 Å². The number of rotatable bonds is 9. The fraction of sp³-hybridized carbons (Fsp3) is 0.474. The molecule has 0 saturated carbocycles. The molecule has 1 amide bonds. The summed E-state index contributed by atoms with van der Waals surface area (Å²) in [5, 5.41) is 8.14. The van der Waals surface area contributed by atoms with Gasteiger partial charge in [0.25, 0.3) is 5.91 Å². The molecule has 130 valence electrons. The lowest BCUT2D eigenvalue weighted by Crippen LogP contribution is -2.34. The van der Waals surface area contributed by atoms with Crippen molar-refractivity contribution in [1.82, 2.24) is 15.6 Å². The number of nitrogens with one attached hydrogen (secondary N) is 2. The number of para-hydroxylation sites is 1. The first kappa shape index (κ1) is 18.7. The Labute approximate surface area is 148 Å². The monoisotopic (exact) mass is 345 g/mol. The number of amides is 1. The zero-order chi connectivity index (χ0) is 17.4. The largest absolute Gasteiger partial charge is 0.351 e. The second-order valence-electron chi connectivity index (χ2n) is 6.09. The molecule has 0 unspecified atom stereocenters. The molecule has 24 heavy (non-hydrogen) atoms. The number of carbonyl (C=O) groups is 1. The van der Waals surface area contributed by atoms with Crippen LogP contribution in [0.15, 0.2) is 35.4 Å². The molecule has 0 aliphatic heterocycles. The Hall–Kier alpha value is -1.59. The first-order valence-corrected chi connectivity index (χ1v) is 9.64. The Morgan fingerprint density at radius 1 is 1.25 bits per heavy atom. The van der Waals surface area contributed by atoms with Gasteiger partial charge in [-0.3, -0.25) is 4.79 Å². The van der Waals surface area contributed by atoms with E-state index >= 15 is 0 Å². The van der Waals surface area contributed by atoms with Crippen molar-refractivity contribution >= 4 is 28.6 Å². The molecule has 5 heteroatoms. The van der Waals surface area contributed by atoms with Crippen LogP contribution in [0.4, 0.5) is 0 Å². The van der Waals surface area contributed by atoms with Gasteiger partial charge in [-0.25, -0.2) is 4.98 Å². The molecule has 2 N–H and O–H groups in total. The van der Waals surface area contributed by atoms with Crippen LogP contribution in [0.3, 0.4) is 0 Å². The van der Waals surface area contributed by atoms with Gasteiger partial charge in [0, 0.05) is 24.5 Å². The molecule has 0 bridgehead atoms. The third kappa shape index (κ3) is 5.49. The van der Waals surface area contributed by atoms with Crippen LogP contribution in [0.5, 0.6) is 0 Å². The zero-order valence-electron chi connectivity index (χ0n) is 14.8. The predicted octanol–water partition coefficient (Wildman–Crippen LogP) is 3.85. The summed E-state index contributed by atoms with van der Waals surface area (Å²) in [7, 11) is 0. The van der Waals surface area contributed by atoms with Crippen LogP contribution in [0.25, 0.3) is 10.9 Å². The number of hydrogen-bond donors (Lipinski definition) is 2. The number of hydrogen-bond acceptors (Lipinski definition) is 4. The lowest BCUT2D eigenvalue weighted by atomic mass is 10.1. The number of carbonyl (C=O) groups excluding carboxylic acids is 1. The molecule has 0 saturated heterocycles. The summed E-state index contributed by atoms with van der Waals surface area (Å²) >= 11 is 1.72. The van der Waals surface area contributed by atoms with Gasteiger partial charge >= 0.3 is 0 Å². The number of nitrogens with zero attached hydrogens (tertiary/aromatic N) is 1. The van der Waals surface area contributed by atoms with Crippen molar-refractivity contribution in [2.75, 3.05) is 18.8 Å². The molecular weight excluding hydrogens is 318 g/mol. The van der Waals surface area contributed by atoms with Crippen molar-refractivity contribution < 1.29 is 4.79 Å². The predicted molar refractivity (Wildman–Crippen MR) is 103 cm³/mol. The molecule has 1 aromatic heterocycles. The average Bonchev–Trinajstić information content (AvgIpc) is 2.58. The summed E-state index contributed by atoms with van der Waals surface area (Å²) in [6.07, 6.45) is 2.32. The van der Waals surface area contributed by atoms with Crippen molar-refractivity contribution in [3.05, 3.63) is 35.9 Å². The fourth-order valence-electron chi connectivity index (χ4n) is 2.37. The van der Waals surface area contributed by atoms with Crippen LogP contribution in [-0.4, -0.2) is 35.8 Å². The molecule has 1 heterocycles. The molecule has 2 rings (SSSR count). The molecule has 0 aliphatic carbocycles. The maximum Gasteiger partial charge on any atom is 0.252 e. The van der Waals surface area contributed by atoms with E-state index in [0.29, 0.717) is 18.2 Å². The Balaban J connectivity index is 2.15. The van der Waals surface area contributed by atoms with Crippen LogP contribution < -0.4 is 10.6 Å². The molecule has 0 atom stereocenters. The number of unbranched alkanes of at least 4 members (excludes halogenated alkanes) is 1. The quantitative estimate of drug-likeness (QED) is 0.535. The fourth-order valence-corrected chi connectivity index (χ4v) is 3.37. The first-order valence-electron chi connectivity index (χ1n) is 8.66. The minimum Gasteiger partial charge on any atom is -0.351 e. The highest BCUT2D eigenvalue weighted by atomic mass is 32.2. The van der Waals surface area contributed by atoms with E-state index in [2.05, 4.69) is 36.4 Å². The van der Waals surface area contributed by atoms with E-state index in [1.165, 1.54) is 0 Å². The summed E-state index contributed by atoms with van der Waals surface area (Å²) < 4.78 is 0. The molecule has 2 aromatic rings. The maximum absolute atomic E-state index is 12.6. The van der Waals surface area contributed by atoms with Gasteiger partial charge in [-0.1, -0.05) is 45.4 Å². The Kier molecular flexibility index (Phi) is 7.53. The van der Waals surface area contributed by atoms with E-state index in [1.807, 2.05) is 30.3 Å². The van der Waals surface area contributed by atoms with E-state index in [-0.39, 0.29) is 5.91 Å². The number of pyridine rings is 1. The van der Waals surface area contributed by atoms with Gasteiger partial charge in [-0.2, -0.15) is 0 Å². The SMILES string of the molecule is CCCCSc1cc(C(=O)NCCNC(C)C)c2ccccc2n1. The van der Waals surface area contributed by atoms with Crippen LogP contribution in [-0.2, 0) is 0 Å². The molecule has 0 radical (unpaired) electrons. The van der Waals surface area contributed by atoms with Gasteiger partial charge in [-0.15, -0.1) is 11.8 Å². The molecule has 0 spiro atoms. The third-order valence-electron chi connectivity index (χ3n) is 3.65. The number of fused-ring (bicyclic) bond motifs is 1. The first-order chi connectivity index (χ1) is 11.6. The Morgan fingerprint density at radius 3 is 2.79 bits per heavy atom. The van der Waals surface area contributed by atoms with Gasteiger partial charge in [0.15, 0.2) is 0 Å². The van der Waals surface area contributed by atoms with E-state index in [4.69, 9.17) is 0 Å². The Bertz CT molecular complexity index is 673. The van der Waals surface area contributed by atoms with Gasteiger partial charge in [0.05, 0.1) is 16.1 Å². The van der Waals surface area contributed by atoms with Crippen molar-refractivity contribution in [3.8, 4) is 0 Å². The van der Waals surface area contributed by atoms with Crippen LogP contribution in [0, 0.1) is 0 Å². The highest BCUT2D eigenvalue weighted by Crippen LogP contribution is 2.24. The molecule has 0 aliphatic rings. The number of benzene rings is 1. The average molecular weight is 346 g/mol. The van der Waals surface area contributed by atoms with Gasteiger partial charge in [0.2, 0.25) is 0 Å². The van der Waals surface area contributed by atoms with Gasteiger partial charge in [-0.05, 0) is 24.3 Å². The van der Waals surface area contributed by atoms with E-state index in [9.17, 15) is 4.79 Å². The zero-order valence-corrected chi connectivity index (χ0v) is 15.6. The van der Waals surface area contributed by atoms with E-state index in [1.54, 1.807) is 11.8 Å². The highest BCUT2D eigenvalue weighted by molar-refractivity contribution is 7.99. The van der Waals surface area contributed by atoms with Crippen molar-refractivity contribution in [1.29, 1.82) is 0 Å². The number of thioether (sulfide) groups is 1. The summed E-state index contributed by atoms with van der Waals surface area (Å²) in [6, 6.07) is 10.2. The highest BCUT2D eigenvalue weighted by Gasteiger charge is 2.12. The minimum absolute atomic E-state index is 0.0310. The smallest absolute Gasteiger partial charge is 0.252 e. The lowest BCUT2D eigenvalue weighted by Gasteiger charge is -2.11. The lowest BCUT2D eigenvalue weighted by molar-refractivity contribution is 0.0955. The third-order valence-corrected chi connectivity index (χ3v) is 4.65. The van der Waals surface area contributed by atoms with Crippen LogP contribution >= 0.6 is 11.8 Å². The standard InChI is InChI=1S/C19H27N3OS/c1-4-5-12-24-18-13-16(15-8-6-7-9-17(15)22-18)19(23)21-11-10-20-14(2)3/h6-9,13-14,20H,4-5,10-12H2,1-3H3,(H,21,23). The number of aromatic nitrogens is 1. The Morgan fingerprint density at radius 2 is 2.04 bits per heavy atom. The minimum atomic E-state index is -0.0310. The molecule has 1 aromatic carbocycles. The normalized spacial score (nSPS) is 11.2. The second kappa shape index (κ2) is 9.64. The molecule has 4 nitrogen and oxygen atoms in total. The van der Waals surface area contributed by atoms with Crippen LogP contribution in [0.2, 0.25) is 0 Å². The van der Waals surface area contributed by atoms with Gasteiger partial charge in [0.1, 0.15) is 0 Å². The van der Waals surface area contributed by atoms with Crippen molar-refractivity contribution in [2.45, 2.75) is 44.7 Å². The summed E-state index contributed by atoms with van der Waals surface area (Å²) in [5.74, 6) is 0.998. The van der Waals surface area contributed by atoms with Crippen LogP contribution in [0.1, 0.15) is 44.0 Å². The molecule has 0 fully saturated rings. The second-order valence-corrected chi connectivity index (χ2v) is 7.21. The topological polar surface area (TPSA) is 54.0 Å². The summed E-state index contributed by atoms with van der Waals surface area (Å²) in [6.45, 7) is 7.75. The van der Waals surface area contributed by atoms with E-state index in [0.717, 1.165) is 41.1 Å². The maximum atomic E-state index is 12.6. The summed E-state index contributed by atoms with van der Waals surface area (Å²) in [4.78, 5) is 17.3. The molecular formula is C19H27N3OS. The summed E-state index contributed by atoms with van der Waals surface area (Å²) in [5.41, 5.74) is 1.59. The van der Waals surface area contributed by atoms with Crippen molar-refractivity contribution in [3.63, 3.8) is 0 Å².